The summed E-state index contributed by atoms with van der Waals surface area (Å²) in [5.74, 6) is -0.0212. The Kier molecular flexibility index (Phi) is 6.97. The van der Waals surface area contributed by atoms with E-state index < -0.39 is 5.97 Å². The Balaban J connectivity index is 2.34. The van der Waals surface area contributed by atoms with Gasteiger partial charge in [0, 0.05) is 6.42 Å². The van der Waals surface area contributed by atoms with Crippen molar-refractivity contribution in [2.75, 3.05) is 5.75 Å². The van der Waals surface area contributed by atoms with E-state index in [1.165, 1.54) is 17.3 Å². The van der Waals surface area contributed by atoms with Crippen molar-refractivity contribution in [3.05, 3.63) is 35.9 Å². The zero-order valence-electron chi connectivity index (χ0n) is 10.2. The lowest BCUT2D eigenvalue weighted by atomic mass is 10.1. The number of hydrogen-bond donors (Lipinski definition) is 1. The molecule has 0 saturated heterocycles. The van der Waals surface area contributed by atoms with Gasteiger partial charge in [0.1, 0.15) is 5.25 Å². The van der Waals surface area contributed by atoms with Gasteiger partial charge in [0.15, 0.2) is 0 Å². The molecule has 0 spiro atoms. The molecule has 0 aliphatic carbocycles. The highest BCUT2D eigenvalue weighted by molar-refractivity contribution is 8.00. The van der Waals surface area contributed by atoms with Crippen LogP contribution in [0.15, 0.2) is 30.3 Å². The molecule has 0 saturated carbocycles. The molecule has 1 aromatic rings. The molecule has 0 amide bonds. The number of benzene rings is 1. The molecule has 18 heavy (non-hydrogen) atoms. The molecule has 1 rings (SSSR count). The van der Waals surface area contributed by atoms with Crippen LogP contribution in [0, 0.1) is 11.3 Å². The van der Waals surface area contributed by atoms with Gasteiger partial charge in [-0.05, 0) is 30.6 Å². The Hall–Kier alpha value is -1.47. The number of aliphatic carboxylic acids is 1. The Morgan fingerprint density at radius 3 is 2.72 bits per heavy atom. The second-order valence-corrected chi connectivity index (χ2v) is 5.29. The maximum atomic E-state index is 11.1. The van der Waals surface area contributed by atoms with E-state index in [1.807, 2.05) is 30.3 Å². The summed E-state index contributed by atoms with van der Waals surface area (Å²) in [4.78, 5) is 11.1. The van der Waals surface area contributed by atoms with Gasteiger partial charge in [0.2, 0.25) is 0 Å². The Morgan fingerprint density at radius 2 is 2.11 bits per heavy atom. The molecule has 96 valence electrons. The van der Waals surface area contributed by atoms with Crippen molar-refractivity contribution >= 4 is 17.7 Å². The number of unbranched alkanes of at least 4 members (excludes halogenated alkanes) is 1. The molecule has 1 N–H and O–H groups in total. The average molecular weight is 263 g/mol. The van der Waals surface area contributed by atoms with Crippen LogP contribution in [0.5, 0.6) is 0 Å². The minimum absolute atomic E-state index is 0.371. The summed E-state index contributed by atoms with van der Waals surface area (Å²) in [5, 5.41) is 17.2. The second-order valence-electron chi connectivity index (χ2n) is 3.98. The van der Waals surface area contributed by atoms with Crippen LogP contribution in [-0.4, -0.2) is 22.1 Å². The van der Waals surface area contributed by atoms with Crippen LogP contribution in [0.25, 0.3) is 0 Å². The number of carboxylic acid groups (broad SMARTS) is 1. The first kappa shape index (κ1) is 14.6. The van der Waals surface area contributed by atoms with Gasteiger partial charge in [0.05, 0.1) is 6.07 Å². The van der Waals surface area contributed by atoms with Crippen molar-refractivity contribution < 1.29 is 9.90 Å². The Bertz CT molecular complexity index is 400. The molecule has 1 unspecified atom stereocenters. The zero-order chi connectivity index (χ0) is 13.2. The molecule has 0 bridgehead atoms. The number of carboxylic acids is 1. The van der Waals surface area contributed by atoms with Gasteiger partial charge >= 0.3 is 5.97 Å². The quantitative estimate of drug-likeness (QED) is 0.732. The van der Waals surface area contributed by atoms with Crippen LogP contribution in [0.2, 0.25) is 0 Å². The summed E-state index contributed by atoms with van der Waals surface area (Å²) >= 11 is 1.44. The van der Waals surface area contributed by atoms with Crippen molar-refractivity contribution in [3.8, 4) is 6.07 Å². The minimum atomic E-state index is -0.757. The number of rotatable bonds is 8. The lowest BCUT2D eigenvalue weighted by Crippen LogP contribution is -2.17. The molecule has 4 heteroatoms. The van der Waals surface area contributed by atoms with E-state index in [-0.39, 0.29) is 5.25 Å². The monoisotopic (exact) mass is 263 g/mol. The predicted octanol–water partition coefficient (Wildman–Crippen LogP) is 3.11. The molecule has 1 aromatic carbocycles. The summed E-state index contributed by atoms with van der Waals surface area (Å²) in [6.45, 7) is 0. The first-order chi connectivity index (χ1) is 8.74. The third-order valence-corrected chi connectivity index (χ3v) is 3.93. The zero-order valence-corrected chi connectivity index (χ0v) is 11.0. The van der Waals surface area contributed by atoms with E-state index in [0.717, 1.165) is 18.6 Å². The molecular weight excluding hydrogens is 246 g/mol. The van der Waals surface area contributed by atoms with E-state index in [9.17, 15) is 4.79 Å². The summed E-state index contributed by atoms with van der Waals surface area (Å²) in [5.41, 5.74) is 1.17. The molecule has 0 radical (unpaired) electrons. The van der Waals surface area contributed by atoms with Crippen molar-refractivity contribution in [3.63, 3.8) is 0 Å². The maximum Gasteiger partial charge on any atom is 0.316 e. The van der Waals surface area contributed by atoms with Gasteiger partial charge in [0.25, 0.3) is 0 Å². The highest BCUT2D eigenvalue weighted by Crippen LogP contribution is 2.19. The summed E-state index contributed by atoms with van der Waals surface area (Å²) < 4.78 is 0. The number of nitriles is 1. The van der Waals surface area contributed by atoms with Gasteiger partial charge in [-0.1, -0.05) is 30.3 Å². The molecule has 1 atom stereocenters. The fourth-order valence-corrected chi connectivity index (χ4v) is 2.62. The molecule has 0 aromatic heterocycles. The molecule has 0 aliphatic rings. The van der Waals surface area contributed by atoms with Crippen molar-refractivity contribution in [2.24, 2.45) is 0 Å². The first-order valence-electron chi connectivity index (χ1n) is 5.99. The van der Waals surface area contributed by atoms with Crippen LogP contribution < -0.4 is 0 Å². The standard InChI is InChI=1S/C14H17NO2S/c15-10-4-5-11-18-13(14(16)17)9-8-12-6-2-1-3-7-12/h1-3,6-7,13H,4-5,8-9,11H2,(H,16,17). The highest BCUT2D eigenvalue weighted by Gasteiger charge is 2.17. The average Bonchev–Trinajstić information content (AvgIpc) is 2.38. The van der Waals surface area contributed by atoms with E-state index in [0.29, 0.717) is 12.8 Å². The fourth-order valence-electron chi connectivity index (χ4n) is 1.60. The molecular formula is C14H17NO2S. The van der Waals surface area contributed by atoms with Gasteiger partial charge in [-0.25, -0.2) is 0 Å². The van der Waals surface area contributed by atoms with Gasteiger partial charge < -0.3 is 5.11 Å². The molecule has 3 nitrogen and oxygen atoms in total. The topological polar surface area (TPSA) is 61.1 Å². The normalized spacial score (nSPS) is 11.7. The number of thioether (sulfide) groups is 1. The third kappa shape index (κ3) is 5.74. The second kappa shape index (κ2) is 8.60. The van der Waals surface area contributed by atoms with E-state index in [4.69, 9.17) is 10.4 Å². The number of nitrogens with zero attached hydrogens (tertiary/aromatic N) is 1. The number of carbonyl (C=O) groups is 1. The summed E-state index contributed by atoms with van der Waals surface area (Å²) in [7, 11) is 0. The molecule has 0 fully saturated rings. The minimum Gasteiger partial charge on any atom is -0.480 e. The molecule has 0 heterocycles. The van der Waals surface area contributed by atoms with E-state index in [2.05, 4.69) is 6.07 Å². The van der Waals surface area contributed by atoms with Gasteiger partial charge in [-0.3, -0.25) is 4.79 Å². The molecule has 0 aliphatic heterocycles. The largest absolute Gasteiger partial charge is 0.480 e. The van der Waals surface area contributed by atoms with Crippen LogP contribution in [0.4, 0.5) is 0 Å². The Morgan fingerprint density at radius 1 is 1.39 bits per heavy atom. The Labute approximate surface area is 112 Å². The van der Waals surface area contributed by atoms with Crippen LogP contribution in [0.3, 0.4) is 0 Å². The van der Waals surface area contributed by atoms with Crippen molar-refractivity contribution in [2.45, 2.75) is 30.9 Å². The lowest BCUT2D eigenvalue weighted by Gasteiger charge is -2.11. The van der Waals surface area contributed by atoms with Gasteiger partial charge in [-0.15, -0.1) is 11.8 Å². The van der Waals surface area contributed by atoms with E-state index >= 15 is 0 Å². The smallest absolute Gasteiger partial charge is 0.316 e. The SMILES string of the molecule is N#CCCCSC(CCc1ccccc1)C(=O)O. The lowest BCUT2D eigenvalue weighted by molar-refractivity contribution is -0.136. The fraction of sp³-hybridized carbons (Fsp3) is 0.429. The van der Waals surface area contributed by atoms with Crippen LogP contribution in [0.1, 0.15) is 24.8 Å². The van der Waals surface area contributed by atoms with Crippen molar-refractivity contribution in [1.29, 1.82) is 5.26 Å². The number of hydrogen-bond acceptors (Lipinski definition) is 3. The highest BCUT2D eigenvalue weighted by atomic mass is 32.2. The van der Waals surface area contributed by atoms with E-state index in [1.54, 1.807) is 0 Å². The third-order valence-electron chi connectivity index (χ3n) is 2.57. The van der Waals surface area contributed by atoms with Crippen LogP contribution in [-0.2, 0) is 11.2 Å². The van der Waals surface area contributed by atoms with Crippen LogP contribution >= 0.6 is 11.8 Å². The predicted molar refractivity (Wildman–Crippen MR) is 73.5 cm³/mol. The first-order valence-corrected chi connectivity index (χ1v) is 7.04. The summed E-state index contributed by atoms with van der Waals surface area (Å²) in [6, 6.07) is 12.0. The van der Waals surface area contributed by atoms with Crippen molar-refractivity contribution in [1.82, 2.24) is 0 Å². The van der Waals surface area contributed by atoms with Gasteiger partial charge in [-0.2, -0.15) is 5.26 Å². The maximum absolute atomic E-state index is 11.1. The number of aryl methyl sites for hydroxylation is 1. The summed E-state index contributed by atoms with van der Waals surface area (Å²) in [6.07, 6.45) is 2.67.